The van der Waals surface area contributed by atoms with E-state index >= 15 is 0 Å². The molecule has 140 valence electrons. The predicted octanol–water partition coefficient (Wildman–Crippen LogP) is 3.62. The lowest BCUT2D eigenvalue weighted by atomic mass is 10.1. The first kappa shape index (κ1) is 19.3. The molecular formula is C21H22BrN3O2. The van der Waals surface area contributed by atoms with E-state index in [0.29, 0.717) is 30.7 Å². The first-order valence-electron chi connectivity index (χ1n) is 9.04. The van der Waals surface area contributed by atoms with Crippen LogP contribution in [0, 0.1) is 0 Å². The summed E-state index contributed by atoms with van der Waals surface area (Å²) in [5.41, 5.74) is 1.47. The van der Waals surface area contributed by atoms with Crippen molar-refractivity contribution in [3.05, 3.63) is 74.6 Å². The molecular weight excluding hydrogens is 406 g/mol. The molecule has 0 N–H and O–H groups in total. The van der Waals surface area contributed by atoms with E-state index in [4.69, 9.17) is 0 Å². The number of halogens is 1. The number of hydrogen-bond donors (Lipinski definition) is 0. The van der Waals surface area contributed by atoms with Crippen LogP contribution in [-0.4, -0.2) is 33.7 Å². The van der Waals surface area contributed by atoms with E-state index in [1.165, 1.54) is 4.68 Å². The summed E-state index contributed by atoms with van der Waals surface area (Å²) in [6.07, 6.45) is 0.183. The third-order valence-electron chi connectivity index (χ3n) is 4.62. The van der Waals surface area contributed by atoms with Gasteiger partial charge in [-0.2, -0.15) is 5.10 Å². The van der Waals surface area contributed by atoms with Crippen LogP contribution in [0.4, 0.5) is 0 Å². The summed E-state index contributed by atoms with van der Waals surface area (Å²) in [4.78, 5) is 27.3. The monoisotopic (exact) mass is 427 g/mol. The molecule has 0 atom stereocenters. The summed E-state index contributed by atoms with van der Waals surface area (Å²) in [6.45, 7) is 5.60. The smallest absolute Gasteiger partial charge is 0.274 e. The number of carbonyl (C=O) groups excluding carboxylic acids is 1. The fraction of sp³-hybridized carbons (Fsp3) is 0.286. The fourth-order valence-electron chi connectivity index (χ4n) is 3.14. The van der Waals surface area contributed by atoms with Gasteiger partial charge in [0.2, 0.25) is 5.91 Å². The minimum absolute atomic E-state index is 0.0199. The van der Waals surface area contributed by atoms with Crippen molar-refractivity contribution < 1.29 is 4.79 Å². The Hall–Kier alpha value is -2.47. The van der Waals surface area contributed by atoms with Crippen LogP contribution >= 0.6 is 15.9 Å². The summed E-state index contributed by atoms with van der Waals surface area (Å²) in [7, 11) is 0. The molecule has 1 amide bonds. The van der Waals surface area contributed by atoms with E-state index in [-0.39, 0.29) is 17.9 Å². The number of benzene rings is 2. The zero-order chi connectivity index (χ0) is 19.4. The third-order valence-corrected chi connectivity index (χ3v) is 5.15. The third kappa shape index (κ3) is 4.27. The first-order valence-corrected chi connectivity index (χ1v) is 9.83. The number of carbonyl (C=O) groups is 1. The van der Waals surface area contributed by atoms with Gasteiger partial charge in [0, 0.05) is 22.9 Å². The average Bonchev–Trinajstić information content (AvgIpc) is 2.68. The van der Waals surface area contributed by atoms with E-state index in [9.17, 15) is 9.59 Å². The van der Waals surface area contributed by atoms with E-state index < -0.39 is 0 Å². The summed E-state index contributed by atoms with van der Waals surface area (Å²) in [5, 5.41) is 5.89. The Morgan fingerprint density at radius 3 is 2.30 bits per heavy atom. The molecule has 0 saturated carbocycles. The van der Waals surface area contributed by atoms with Crippen molar-refractivity contribution in [2.24, 2.45) is 0 Å². The number of aromatic nitrogens is 2. The van der Waals surface area contributed by atoms with Gasteiger partial charge in [0.15, 0.2) is 0 Å². The lowest BCUT2D eigenvalue weighted by Gasteiger charge is -2.19. The van der Waals surface area contributed by atoms with Crippen LogP contribution in [0.3, 0.4) is 0 Å². The molecule has 3 aromatic rings. The van der Waals surface area contributed by atoms with Gasteiger partial charge in [-0.1, -0.05) is 46.3 Å². The van der Waals surface area contributed by atoms with Crippen LogP contribution in [0.1, 0.15) is 25.1 Å². The Morgan fingerprint density at radius 1 is 1.04 bits per heavy atom. The van der Waals surface area contributed by atoms with Crippen LogP contribution < -0.4 is 5.56 Å². The average molecular weight is 428 g/mol. The molecule has 0 aliphatic carbocycles. The molecule has 0 saturated heterocycles. The van der Waals surface area contributed by atoms with E-state index in [1.807, 2.05) is 56.3 Å². The van der Waals surface area contributed by atoms with Gasteiger partial charge in [0.25, 0.3) is 5.56 Å². The second-order valence-electron chi connectivity index (χ2n) is 6.32. The van der Waals surface area contributed by atoms with Crippen LogP contribution in [0.5, 0.6) is 0 Å². The maximum atomic E-state index is 12.9. The van der Waals surface area contributed by atoms with E-state index in [1.54, 1.807) is 11.0 Å². The van der Waals surface area contributed by atoms with Crippen molar-refractivity contribution in [2.45, 2.75) is 26.8 Å². The maximum Gasteiger partial charge on any atom is 0.274 e. The molecule has 0 aliphatic rings. The van der Waals surface area contributed by atoms with Gasteiger partial charge >= 0.3 is 0 Å². The standard InChI is InChI=1S/C21H22BrN3O2/c1-3-24(4-2)20(26)13-19-17-7-5-6-8-18(17)21(27)25(23-19)14-15-9-11-16(22)12-10-15/h5-12H,3-4,13-14H2,1-2H3. The predicted molar refractivity (Wildman–Crippen MR) is 111 cm³/mol. The van der Waals surface area contributed by atoms with Crippen molar-refractivity contribution >= 4 is 32.6 Å². The van der Waals surface area contributed by atoms with Crippen LogP contribution in [-0.2, 0) is 17.8 Å². The van der Waals surface area contributed by atoms with Gasteiger partial charge in [-0.05, 0) is 37.6 Å². The van der Waals surface area contributed by atoms with Crippen molar-refractivity contribution in [3.8, 4) is 0 Å². The second-order valence-corrected chi connectivity index (χ2v) is 7.24. The molecule has 3 rings (SSSR count). The minimum atomic E-state index is -0.146. The number of likely N-dealkylation sites (N-methyl/N-ethyl adjacent to an activating group) is 1. The molecule has 0 spiro atoms. The number of rotatable bonds is 6. The summed E-state index contributed by atoms with van der Waals surface area (Å²) >= 11 is 3.42. The largest absolute Gasteiger partial charge is 0.343 e. The lowest BCUT2D eigenvalue weighted by molar-refractivity contribution is -0.130. The molecule has 5 nitrogen and oxygen atoms in total. The minimum Gasteiger partial charge on any atom is -0.343 e. The Balaban J connectivity index is 2.04. The maximum absolute atomic E-state index is 12.9. The highest BCUT2D eigenvalue weighted by molar-refractivity contribution is 9.10. The number of fused-ring (bicyclic) bond motifs is 1. The molecule has 0 fully saturated rings. The number of nitrogens with zero attached hydrogens (tertiary/aromatic N) is 3. The van der Waals surface area contributed by atoms with Crippen molar-refractivity contribution in [1.82, 2.24) is 14.7 Å². The zero-order valence-corrected chi connectivity index (χ0v) is 17.1. The molecule has 2 aromatic carbocycles. The Morgan fingerprint density at radius 2 is 1.67 bits per heavy atom. The zero-order valence-electron chi connectivity index (χ0n) is 15.5. The molecule has 0 aliphatic heterocycles. The van der Waals surface area contributed by atoms with Crippen molar-refractivity contribution in [3.63, 3.8) is 0 Å². The lowest BCUT2D eigenvalue weighted by Crippen LogP contribution is -2.33. The molecule has 0 radical (unpaired) electrons. The van der Waals surface area contributed by atoms with E-state index in [2.05, 4.69) is 21.0 Å². The molecule has 0 unspecified atom stereocenters. The van der Waals surface area contributed by atoms with Crippen LogP contribution in [0.15, 0.2) is 57.8 Å². The topological polar surface area (TPSA) is 55.2 Å². The quantitative estimate of drug-likeness (QED) is 0.603. The molecule has 0 bridgehead atoms. The molecule has 1 heterocycles. The SMILES string of the molecule is CCN(CC)C(=O)Cc1nn(Cc2ccc(Br)cc2)c(=O)c2ccccc12. The fourth-order valence-corrected chi connectivity index (χ4v) is 3.40. The Bertz CT molecular complexity index is 1010. The normalized spacial score (nSPS) is 10.9. The second kappa shape index (κ2) is 8.48. The van der Waals surface area contributed by atoms with Gasteiger partial charge in [0.05, 0.1) is 24.0 Å². The summed E-state index contributed by atoms with van der Waals surface area (Å²) in [5.74, 6) is 0.0199. The van der Waals surface area contributed by atoms with Gasteiger partial charge in [-0.3, -0.25) is 9.59 Å². The molecule has 6 heteroatoms. The van der Waals surface area contributed by atoms with Crippen molar-refractivity contribution in [2.75, 3.05) is 13.1 Å². The van der Waals surface area contributed by atoms with Gasteiger partial charge in [0.1, 0.15) is 0 Å². The number of hydrogen-bond acceptors (Lipinski definition) is 3. The highest BCUT2D eigenvalue weighted by Crippen LogP contribution is 2.16. The molecule has 1 aromatic heterocycles. The van der Waals surface area contributed by atoms with Gasteiger partial charge < -0.3 is 4.90 Å². The Labute approximate surface area is 166 Å². The number of amides is 1. The van der Waals surface area contributed by atoms with Crippen molar-refractivity contribution in [1.29, 1.82) is 0 Å². The van der Waals surface area contributed by atoms with Crippen LogP contribution in [0.2, 0.25) is 0 Å². The highest BCUT2D eigenvalue weighted by Gasteiger charge is 2.16. The van der Waals surface area contributed by atoms with Gasteiger partial charge in [-0.15, -0.1) is 0 Å². The highest BCUT2D eigenvalue weighted by atomic mass is 79.9. The van der Waals surface area contributed by atoms with E-state index in [0.717, 1.165) is 15.4 Å². The van der Waals surface area contributed by atoms with Gasteiger partial charge in [-0.25, -0.2) is 4.68 Å². The van der Waals surface area contributed by atoms with Crippen LogP contribution in [0.25, 0.3) is 10.8 Å². The molecule has 27 heavy (non-hydrogen) atoms. The Kier molecular flexibility index (Phi) is 6.06. The summed E-state index contributed by atoms with van der Waals surface area (Å²) < 4.78 is 2.44. The first-order chi connectivity index (χ1) is 13.0. The summed E-state index contributed by atoms with van der Waals surface area (Å²) in [6, 6.07) is 15.1.